The second kappa shape index (κ2) is 8.98. The van der Waals surface area contributed by atoms with Crippen molar-refractivity contribution in [3.05, 3.63) is 41.6 Å². The van der Waals surface area contributed by atoms with Gasteiger partial charge in [-0.2, -0.15) is 4.98 Å². The van der Waals surface area contributed by atoms with Gasteiger partial charge in [-0.1, -0.05) is 23.7 Å². The molecule has 0 atom stereocenters. The molecule has 0 spiro atoms. The van der Waals surface area contributed by atoms with Gasteiger partial charge in [-0.05, 0) is 30.3 Å². The van der Waals surface area contributed by atoms with Crippen molar-refractivity contribution in [2.45, 2.75) is 23.3 Å². The molecule has 2 heterocycles. The van der Waals surface area contributed by atoms with Crippen LogP contribution in [0.1, 0.15) is 6.42 Å². The van der Waals surface area contributed by atoms with Gasteiger partial charge in [0.25, 0.3) is 0 Å². The van der Waals surface area contributed by atoms with E-state index in [2.05, 4.69) is 20.2 Å². The van der Waals surface area contributed by atoms with Crippen LogP contribution in [0.25, 0.3) is 11.4 Å². The predicted octanol–water partition coefficient (Wildman–Crippen LogP) is 3.58. The number of methoxy groups -OCH3 is 2. The number of nitrogens with zero attached hydrogens (tertiary/aromatic N) is 5. The fourth-order valence-electron chi connectivity index (χ4n) is 2.34. The Morgan fingerprint density at radius 1 is 1.15 bits per heavy atom. The molecular formula is C17H18ClN5O2S. The van der Waals surface area contributed by atoms with Crippen molar-refractivity contribution in [2.24, 2.45) is 0 Å². The van der Waals surface area contributed by atoms with Crippen molar-refractivity contribution in [3.8, 4) is 17.3 Å². The molecule has 0 aliphatic heterocycles. The lowest BCUT2D eigenvalue weighted by molar-refractivity contribution is 0.189. The maximum Gasteiger partial charge on any atom is 0.217 e. The minimum atomic E-state index is 0.499. The lowest BCUT2D eigenvalue weighted by Gasteiger charge is -2.10. The monoisotopic (exact) mass is 391 g/mol. The van der Waals surface area contributed by atoms with Crippen LogP contribution in [0.3, 0.4) is 0 Å². The Morgan fingerprint density at radius 3 is 2.77 bits per heavy atom. The van der Waals surface area contributed by atoms with E-state index in [-0.39, 0.29) is 0 Å². The number of hydrogen-bond acceptors (Lipinski definition) is 7. The Kier molecular flexibility index (Phi) is 6.43. The smallest absolute Gasteiger partial charge is 0.217 e. The Labute approximate surface area is 160 Å². The van der Waals surface area contributed by atoms with Gasteiger partial charge in [-0.15, -0.1) is 10.2 Å². The SMILES string of the molecule is COCCCn1c(Sc2nccc(OC)n2)nnc1-c1ccccc1Cl. The highest BCUT2D eigenvalue weighted by molar-refractivity contribution is 7.99. The summed E-state index contributed by atoms with van der Waals surface area (Å²) in [6, 6.07) is 9.27. The second-order valence-corrected chi connectivity index (χ2v) is 6.61. The van der Waals surface area contributed by atoms with Crippen molar-refractivity contribution < 1.29 is 9.47 Å². The van der Waals surface area contributed by atoms with Crippen molar-refractivity contribution in [1.82, 2.24) is 24.7 Å². The molecule has 0 aliphatic rings. The minimum absolute atomic E-state index is 0.499. The molecule has 0 bridgehead atoms. The van der Waals surface area contributed by atoms with Crippen LogP contribution < -0.4 is 4.74 Å². The first-order valence-corrected chi connectivity index (χ1v) is 9.14. The van der Waals surface area contributed by atoms with Gasteiger partial charge in [-0.25, -0.2) is 4.98 Å². The highest BCUT2D eigenvalue weighted by atomic mass is 35.5. The zero-order chi connectivity index (χ0) is 18.4. The molecule has 1 aromatic carbocycles. The van der Waals surface area contributed by atoms with E-state index >= 15 is 0 Å². The zero-order valence-corrected chi connectivity index (χ0v) is 16.0. The first kappa shape index (κ1) is 18.6. The first-order chi connectivity index (χ1) is 12.7. The standard InChI is InChI=1S/C17H18ClN5O2S/c1-24-11-5-10-23-15(12-6-3-4-7-13(12)18)21-22-17(23)26-16-19-9-8-14(20-16)25-2/h3-4,6-9H,5,10-11H2,1-2H3. The summed E-state index contributed by atoms with van der Waals surface area (Å²) in [6.07, 6.45) is 2.47. The molecule has 0 aliphatic carbocycles. The van der Waals surface area contributed by atoms with Gasteiger partial charge in [0.2, 0.25) is 5.88 Å². The zero-order valence-electron chi connectivity index (χ0n) is 14.4. The van der Waals surface area contributed by atoms with E-state index in [1.807, 2.05) is 28.8 Å². The lowest BCUT2D eigenvalue weighted by Crippen LogP contribution is -2.05. The number of aromatic nitrogens is 5. The number of halogens is 1. The number of rotatable bonds is 8. The summed E-state index contributed by atoms with van der Waals surface area (Å²) < 4.78 is 12.3. The minimum Gasteiger partial charge on any atom is -0.481 e. The molecule has 7 nitrogen and oxygen atoms in total. The van der Waals surface area contributed by atoms with Crippen molar-refractivity contribution in [2.75, 3.05) is 20.8 Å². The molecule has 0 radical (unpaired) electrons. The summed E-state index contributed by atoms with van der Waals surface area (Å²) in [4.78, 5) is 8.58. The van der Waals surface area contributed by atoms with Crippen LogP contribution in [0, 0.1) is 0 Å². The summed E-state index contributed by atoms with van der Waals surface area (Å²) in [5, 5.41) is 10.5. The molecule has 26 heavy (non-hydrogen) atoms. The average molecular weight is 392 g/mol. The molecule has 9 heteroatoms. The van der Waals surface area contributed by atoms with E-state index in [0.29, 0.717) is 40.2 Å². The molecule has 2 aromatic heterocycles. The van der Waals surface area contributed by atoms with E-state index in [0.717, 1.165) is 12.0 Å². The molecule has 3 rings (SSSR count). The summed E-state index contributed by atoms with van der Waals surface area (Å²) in [7, 11) is 3.25. The van der Waals surface area contributed by atoms with Gasteiger partial charge in [-0.3, -0.25) is 0 Å². The van der Waals surface area contributed by atoms with E-state index in [1.165, 1.54) is 11.8 Å². The average Bonchev–Trinajstić information content (AvgIpc) is 3.05. The summed E-state index contributed by atoms with van der Waals surface area (Å²) >= 11 is 7.67. The van der Waals surface area contributed by atoms with Gasteiger partial charge in [0, 0.05) is 38.1 Å². The van der Waals surface area contributed by atoms with E-state index in [1.54, 1.807) is 26.5 Å². The second-order valence-electron chi connectivity index (χ2n) is 5.27. The summed E-state index contributed by atoms with van der Waals surface area (Å²) in [6.45, 7) is 1.33. The largest absolute Gasteiger partial charge is 0.481 e. The third kappa shape index (κ3) is 4.32. The quantitative estimate of drug-likeness (QED) is 0.429. The van der Waals surface area contributed by atoms with Crippen molar-refractivity contribution >= 4 is 23.4 Å². The highest BCUT2D eigenvalue weighted by Gasteiger charge is 2.18. The summed E-state index contributed by atoms with van der Waals surface area (Å²) in [5.74, 6) is 1.20. The van der Waals surface area contributed by atoms with Crippen LogP contribution >= 0.6 is 23.4 Å². The fraction of sp³-hybridized carbons (Fsp3) is 0.294. The molecule has 0 N–H and O–H groups in total. The van der Waals surface area contributed by atoms with E-state index in [4.69, 9.17) is 21.1 Å². The van der Waals surface area contributed by atoms with Crippen LogP contribution in [0.4, 0.5) is 0 Å². The number of hydrogen-bond donors (Lipinski definition) is 0. The molecular weight excluding hydrogens is 374 g/mol. The lowest BCUT2D eigenvalue weighted by atomic mass is 10.2. The van der Waals surface area contributed by atoms with E-state index in [9.17, 15) is 0 Å². The van der Waals surface area contributed by atoms with Crippen LogP contribution in [-0.4, -0.2) is 45.6 Å². The molecule has 3 aromatic rings. The van der Waals surface area contributed by atoms with Gasteiger partial charge in [0.1, 0.15) is 0 Å². The Balaban J connectivity index is 1.95. The van der Waals surface area contributed by atoms with Crippen molar-refractivity contribution in [3.63, 3.8) is 0 Å². The Bertz CT molecular complexity index is 874. The first-order valence-electron chi connectivity index (χ1n) is 7.95. The van der Waals surface area contributed by atoms with Gasteiger partial charge >= 0.3 is 0 Å². The van der Waals surface area contributed by atoms with Crippen LogP contribution in [0.5, 0.6) is 5.88 Å². The van der Waals surface area contributed by atoms with Crippen LogP contribution in [0.2, 0.25) is 5.02 Å². The van der Waals surface area contributed by atoms with Gasteiger partial charge in [0.05, 0.1) is 12.1 Å². The molecule has 0 fully saturated rings. The molecule has 0 unspecified atom stereocenters. The van der Waals surface area contributed by atoms with Crippen LogP contribution in [-0.2, 0) is 11.3 Å². The van der Waals surface area contributed by atoms with Crippen molar-refractivity contribution in [1.29, 1.82) is 0 Å². The molecule has 0 amide bonds. The highest BCUT2D eigenvalue weighted by Crippen LogP contribution is 2.31. The topological polar surface area (TPSA) is 75.0 Å². The number of benzene rings is 1. The van der Waals surface area contributed by atoms with Gasteiger partial charge < -0.3 is 14.0 Å². The van der Waals surface area contributed by atoms with E-state index < -0.39 is 0 Å². The molecule has 0 saturated carbocycles. The van der Waals surface area contributed by atoms with Gasteiger partial charge in [0.15, 0.2) is 16.1 Å². The fourth-order valence-corrected chi connectivity index (χ4v) is 3.35. The van der Waals surface area contributed by atoms with Crippen LogP contribution in [0.15, 0.2) is 46.8 Å². The summed E-state index contributed by atoms with van der Waals surface area (Å²) in [5.41, 5.74) is 0.831. The Hall–Kier alpha value is -2.16. The maximum absolute atomic E-state index is 6.35. The maximum atomic E-state index is 6.35. The Morgan fingerprint density at radius 2 is 2.00 bits per heavy atom. The normalized spacial score (nSPS) is 10.9. The number of ether oxygens (including phenoxy) is 2. The third-order valence-corrected chi connectivity index (χ3v) is 4.75. The molecule has 0 saturated heterocycles. The molecule has 136 valence electrons. The third-order valence-electron chi connectivity index (χ3n) is 3.56. The predicted molar refractivity (Wildman–Crippen MR) is 99.7 cm³/mol.